The fraction of sp³-hybridized carbons (Fsp3) is 0. The zero-order valence-electron chi connectivity index (χ0n) is 21.5. The Morgan fingerprint density at radius 2 is 0.825 bits per heavy atom. The van der Waals surface area contributed by atoms with Crippen LogP contribution in [0.25, 0.3) is 66.8 Å². The third-order valence-electron chi connectivity index (χ3n) is 7.19. The minimum absolute atomic E-state index is 0.618. The van der Waals surface area contributed by atoms with Crippen LogP contribution in [0.2, 0.25) is 0 Å². The van der Waals surface area contributed by atoms with Crippen molar-refractivity contribution in [2.75, 3.05) is 0 Å². The third-order valence-corrected chi connectivity index (χ3v) is 7.19. The Morgan fingerprint density at radius 1 is 0.400 bits per heavy atom. The zero-order valence-corrected chi connectivity index (χ0v) is 21.5. The molecule has 0 aliphatic carbocycles. The van der Waals surface area contributed by atoms with Crippen molar-refractivity contribution in [3.8, 4) is 51.4 Å². The molecule has 0 amide bonds. The van der Waals surface area contributed by atoms with E-state index in [1.165, 1.54) is 0 Å². The summed E-state index contributed by atoms with van der Waals surface area (Å²) < 4.78 is 0. The van der Waals surface area contributed by atoms with Crippen molar-refractivity contribution in [1.82, 2.24) is 15.0 Å². The smallest absolute Gasteiger partial charge is 0.164 e. The Hall–Kier alpha value is -5.66. The molecule has 0 saturated heterocycles. The maximum atomic E-state index is 9.12. The second kappa shape index (κ2) is 9.90. The van der Waals surface area contributed by atoms with Crippen LogP contribution in [-0.4, -0.2) is 15.0 Å². The van der Waals surface area contributed by atoms with Crippen molar-refractivity contribution in [1.29, 1.82) is 5.26 Å². The second-order valence-electron chi connectivity index (χ2n) is 9.63. The monoisotopic (exact) mass is 510 g/mol. The van der Waals surface area contributed by atoms with Crippen LogP contribution in [0.1, 0.15) is 5.56 Å². The topological polar surface area (TPSA) is 62.5 Å². The van der Waals surface area contributed by atoms with Crippen LogP contribution in [-0.2, 0) is 0 Å². The van der Waals surface area contributed by atoms with E-state index in [4.69, 9.17) is 20.2 Å². The van der Waals surface area contributed by atoms with E-state index < -0.39 is 0 Å². The molecule has 0 fully saturated rings. The summed E-state index contributed by atoms with van der Waals surface area (Å²) in [4.78, 5) is 15.0. The van der Waals surface area contributed by atoms with Crippen LogP contribution < -0.4 is 0 Å². The highest BCUT2D eigenvalue weighted by atomic mass is 15.0. The van der Waals surface area contributed by atoms with Gasteiger partial charge in [0.25, 0.3) is 0 Å². The summed E-state index contributed by atoms with van der Waals surface area (Å²) in [5.41, 5.74) is 5.60. The first-order chi connectivity index (χ1) is 19.8. The third kappa shape index (κ3) is 4.26. The number of hydrogen-bond donors (Lipinski definition) is 0. The lowest BCUT2D eigenvalue weighted by Crippen LogP contribution is -2.01. The average molecular weight is 511 g/mol. The first-order valence-electron chi connectivity index (χ1n) is 13.1. The maximum absolute atomic E-state index is 9.12. The number of hydrogen-bond acceptors (Lipinski definition) is 4. The van der Waals surface area contributed by atoms with Gasteiger partial charge < -0.3 is 0 Å². The van der Waals surface area contributed by atoms with E-state index in [1.54, 1.807) is 0 Å². The minimum atomic E-state index is 0.618. The van der Waals surface area contributed by atoms with Crippen molar-refractivity contribution in [3.63, 3.8) is 0 Å². The number of rotatable bonds is 4. The van der Waals surface area contributed by atoms with Gasteiger partial charge in [-0.2, -0.15) is 5.26 Å². The molecule has 0 radical (unpaired) electrons. The van der Waals surface area contributed by atoms with Crippen molar-refractivity contribution >= 4 is 21.5 Å². The van der Waals surface area contributed by atoms with Crippen LogP contribution in [0.3, 0.4) is 0 Å². The molecule has 0 bridgehead atoms. The average Bonchev–Trinajstić information content (AvgIpc) is 3.04. The Kier molecular flexibility index (Phi) is 5.81. The van der Waals surface area contributed by atoms with Gasteiger partial charge in [-0.3, -0.25) is 0 Å². The quantitative estimate of drug-likeness (QED) is 0.237. The van der Waals surface area contributed by atoms with E-state index in [0.29, 0.717) is 23.0 Å². The molecular weight excluding hydrogens is 488 g/mol. The molecule has 40 heavy (non-hydrogen) atoms. The lowest BCUT2D eigenvalue weighted by atomic mass is 10.0. The Bertz CT molecular complexity index is 1950. The fourth-order valence-electron chi connectivity index (χ4n) is 5.14. The van der Waals surface area contributed by atoms with Crippen molar-refractivity contribution in [2.24, 2.45) is 0 Å². The van der Waals surface area contributed by atoms with Gasteiger partial charge >= 0.3 is 0 Å². The van der Waals surface area contributed by atoms with E-state index in [0.717, 1.165) is 49.4 Å². The molecule has 6 aromatic carbocycles. The molecule has 4 nitrogen and oxygen atoms in total. The van der Waals surface area contributed by atoms with Crippen LogP contribution >= 0.6 is 0 Å². The molecule has 0 aliphatic heterocycles. The number of aromatic nitrogens is 3. The number of fused-ring (bicyclic) bond motifs is 2. The molecule has 7 rings (SSSR count). The lowest BCUT2D eigenvalue weighted by molar-refractivity contribution is 1.08. The Morgan fingerprint density at radius 3 is 1.35 bits per heavy atom. The van der Waals surface area contributed by atoms with Gasteiger partial charge in [0.05, 0.1) is 11.6 Å². The molecule has 4 heteroatoms. The number of nitrogens with zero attached hydrogens (tertiary/aromatic N) is 4. The van der Waals surface area contributed by atoms with E-state index in [1.807, 2.05) is 72.8 Å². The number of nitriles is 1. The minimum Gasteiger partial charge on any atom is -0.208 e. The van der Waals surface area contributed by atoms with E-state index in [-0.39, 0.29) is 0 Å². The van der Waals surface area contributed by atoms with Gasteiger partial charge in [-0.15, -0.1) is 0 Å². The summed E-state index contributed by atoms with van der Waals surface area (Å²) in [7, 11) is 0. The van der Waals surface area contributed by atoms with Gasteiger partial charge in [-0.1, -0.05) is 121 Å². The van der Waals surface area contributed by atoms with Gasteiger partial charge in [0.1, 0.15) is 0 Å². The molecule has 0 unspecified atom stereocenters. The van der Waals surface area contributed by atoms with Crippen molar-refractivity contribution in [2.45, 2.75) is 0 Å². The van der Waals surface area contributed by atoms with Gasteiger partial charge in [0.15, 0.2) is 17.5 Å². The highest BCUT2D eigenvalue weighted by Crippen LogP contribution is 2.32. The molecule has 7 aromatic rings. The standard InChI is InChI=1S/C36H22N4/c37-23-24-15-17-25(18-16-24)26-19-21-29(22-20-26)34-38-35(32-13-5-9-27-7-1-3-11-30(27)32)40-36(39-34)33-14-6-10-28-8-2-4-12-31(28)33/h1-22H. The largest absolute Gasteiger partial charge is 0.208 e. The molecule has 0 spiro atoms. The summed E-state index contributed by atoms with van der Waals surface area (Å²) in [5.74, 6) is 1.90. The Balaban J connectivity index is 1.40. The summed E-state index contributed by atoms with van der Waals surface area (Å²) >= 11 is 0. The van der Waals surface area contributed by atoms with E-state index in [2.05, 4.69) is 66.7 Å². The van der Waals surface area contributed by atoms with E-state index >= 15 is 0 Å². The highest BCUT2D eigenvalue weighted by molar-refractivity contribution is 5.97. The molecule has 0 saturated carbocycles. The summed E-state index contributed by atoms with van der Waals surface area (Å²) in [6.45, 7) is 0. The fourth-order valence-corrected chi connectivity index (χ4v) is 5.14. The predicted octanol–water partition coefficient (Wildman–Crippen LogP) is 8.72. The predicted molar refractivity (Wildman–Crippen MR) is 161 cm³/mol. The molecule has 0 aliphatic rings. The first-order valence-corrected chi connectivity index (χ1v) is 13.1. The molecule has 1 heterocycles. The summed E-state index contributed by atoms with van der Waals surface area (Å²) in [5, 5.41) is 13.6. The highest BCUT2D eigenvalue weighted by Gasteiger charge is 2.15. The molecule has 1 aromatic heterocycles. The molecule has 0 atom stereocenters. The molecule has 0 N–H and O–H groups in total. The van der Waals surface area contributed by atoms with E-state index in [9.17, 15) is 0 Å². The lowest BCUT2D eigenvalue weighted by Gasteiger charge is -2.12. The normalized spacial score (nSPS) is 11.0. The van der Waals surface area contributed by atoms with Gasteiger partial charge in [0.2, 0.25) is 0 Å². The summed E-state index contributed by atoms with van der Waals surface area (Å²) in [6.07, 6.45) is 0. The van der Waals surface area contributed by atoms with Crippen LogP contribution in [0.4, 0.5) is 0 Å². The van der Waals surface area contributed by atoms with Gasteiger partial charge in [0, 0.05) is 16.7 Å². The van der Waals surface area contributed by atoms with Crippen LogP contribution in [0.5, 0.6) is 0 Å². The van der Waals surface area contributed by atoms with Crippen molar-refractivity contribution in [3.05, 3.63) is 139 Å². The van der Waals surface area contributed by atoms with Crippen LogP contribution in [0, 0.1) is 11.3 Å². The van der Waals surface area contributed by atoms with Crippen LogP contribution in [0.15, 0.2) is 133 Å². The number of benzene rings is 6. The molecule has 186 valence electrons. The van der Waals surface area contributed by atoms with Gasteiger partial charge in [-0.25, -0.2) is 15.0 Å². The maximum Gasteiger partial charge on any atom is 0.164 e. The summed E-state index contributed by atoms with van der Waals surface area (Å²) in [6, 6.07) is 47.0. The zero-order chi connectivity index (χ0) is 26.9. The molecular formula is C36H22N4. The van der Waals surface area contributed by atoms with Crippen molar-refractivity contribution < 1.29 is 0 Å². The van der Waals surface area contributed by atoms with Gasteiger partial charge in [-0.05, 0) is 44.8 Å². The second-order valence-corrected chi connectivity index (χ2v) is 9.63. The SMILES string of the molecule is N#Cc1ccc(-c2ccc(-c3nc(-c4cccc5ccccc45)nc(-c4cccc5ccccc45)n3)cc2)cc1. The Labute approximate surface area is 231 Å². The first kappa shape index (κ1) is 23.5.